The fraction of sp³-hybridized carbons (Fsp3) is 0.706. The lowest BCUT2D eigenvalue weighted by atomic mass is 9.95. The summed E-state index contributed by atoms with van der Waals surface area (Å²) < 4.78 is 10.8. The van der Waals surface area contributed by atoms with E-state index in [-0.39, 0.29) is 0 Å². The predicted molar refractivity (Wildman–Crippen MR) is 83.6 cm³/mol. The number of nitrogens with zero attached hydrogens (tertiary/aromatic N) is 2. The minimum absolute atomic E-state index is 0.848. The van der Waals surface area contributed by atoms with Crippen LogP contribution >= 0.6 is 0 Å². The SMILES string of the molecule is COC1=CC(N2CCC(CN3CCOCC3)CC2)=CC[CH]1. The number of morpholine rings is 1. The highest BCUT2D eigenvalue weighted by Gasteiger charge is 2.23. The average molecular weight is 291 g/mol. The Morgan fingerprint density at radius 1 is 1.19 bits per heavy atom. The van der Waals surface area contributed by atoms with E-state index in [1.807, 2.05) is 0 Å². The van der Waals surface area contributed by atoms with Gasteiger partial charge in [-0.05, 0) is 31.3 Å². The molecule has 0 amide bonds. The summed E-state index contributed by atoms with van der Waals surface area (Å²) in [7, 11) is 1.75. The van der Waals surface area contributed by atoms with Crippen LogP contribution in [0.4, 0.5) is 0 Å². The number of hydrogen-bond donors (Lipinski definition) is 0. The van der Waals surface area contributed by atoms with Crippen molar-refractivity contribution in [3.63, 3.8) is 0 Å². The van der Waals surface area contributed by atoms with Crippen LogP contribution in [0, 0.1) is 12.3 Å². The number of rotatable bonds is 4. The smallest absolute Gasteiger partial charge is 0.102 e. The van der Waals surface area contributed by atoms with Gasteiger partial charge in [0.15, 0.2) is 0 Å². The summed E-state index contributed by atoms with van der Waals surface area (Å²) in [5.74, 6) is 1.85. The predicted octanol–water partition coefficient (Wildman–Crippen LogP) is 2.05. The molecule has 2 fully saturated rings. The Kier molecular flexibility index (Phi) is 5.20. The lowest BCUT2D eigenvalue weighted by Crippen LogP contribution is -2.42. The molecule has 0 aromatic rings. The Labute approximate surface area is 128 Å². The molecule has 0 atom stereocenters. The number of ether oxygens (including phenoxy) is 2. The lowest BCUT2D eigenvalue weighted by molar-refractivity contribution is 0.0258. The molecule has 0 aromatic heterocycles. The fourth-order valence-corrected chi connectivity index (χ4v) is 3.44. The van der Waals surface area contributed by atoms with Crippen LogP contribution in [0.1, 0.15) is 19.3 Å². The van der Waals surface area contributed by atoms with E-state index in [9.17, 15) is 0 Å². The van der Waals surface area contributed by atoms with Crippen molar-refractivity contribution in [1.29, 1.82) is 0 Å². The van der Waals surface area contributed by atoms with E-state index >= 15 is 0 Å². The molecule has 1 radical (unpaired) electrons. The van der Waals surface area contributed by atoms with Crippen molar-refractivity contribution in [3.05, 3.63) is 30.0 Å². The summed E-state index contributed by atoms with van der Waals surface area (Å²) in [5.41, 5.74) is 1.35. The molecule has 0 N–H and O–H groups in total. The third-order valence-electron chi connectivity index (χ3n) is 4.77. The van der Waals surface area contributed by atoms with Crippen LogP contribution in [0.3, 0.4) is 0 Å². The van der Waals surface area contributed by atoms with Crippen LogP contribution in [0.15, 0.2) is 23.6 Å². The van der Waals surface area contributed by atoms with Crippen molar-refractivity contribution in [2.45, 2.75) is 19.3 Å². The second-order valence-corrected chi connectivity index (χ2v) is 6.16. The molecule has 3 aliphatic rings. The summed E-state index contributed by atoms with van der Waals surface area (Å²) in [6, 6.07) is 0. The Morgan fingerprint density at radius 2 is 1.95 bits per heavy atom. The molecule has 0 bridgehead atoms. The first-order valence-electron chi connectivity index (χ1n) is 8.19. The van der Waals surface area contributed by atoms with Gasteiger partial charge in [0.2, 0.25) is 0 Å². The van der Waals surface area contributed by atoms with Gasteiger partial charge in [0, 0.05) is 44.8 Å². The Bertz CT molecular complexity index is 392. The summed E-state index contributed by atoms with van der Waals surface area (Å²) in [6.07, 6.45) is 10.2. The second kappa shape index (κ2) is 7.32. The fourth-order valence-electron chi connectivity index (χ4n) is 3.44. The highest BCUT2D eigenvalue weighted by molar-refractivity contribution is 5.29. The van der Waals surface area contributed by atoms with Crippen molar-refractivity contribution < 1.29 is 9.47 Å². The molecular weight excluding hydrogens is 264 g/mol. The molecule has 4 heteroatoms. The molecule has 0 spiro atoms. The van der Waals surface area contributed by atoms with Crippen LogP contribution in [-0.2, 0) is 9.47 Å². The van der Waals surface area contributed by atoms with Gasteiger partial charge in [-0.2, -0.15) is 0 Å². The minimum atomic E-state index is 0.848. The molecule has 0 aromatic carbocycles. The Hall–Kier alpha value is -1.00. The van der Waals surface area contributed by atoms with E-state index in [0.717, 1.165) is 44.4 Å². The zero-order chi connectivity index (χ0) is 14.5. The zero-order valence-corrected chi connectivity index (χ0v) is 13.1. The van der Waals surface area contributed by atoms with Gasteiger partial charge in [-0.3, -0.25) is 4.90 Å². The summed E-state index contributed by atoms with van der Waals surface area (Å²) in [6.45, 7) is 7.65. The summed E-state index contributed by atoms with van der Waals surface area (Å²) in [4.78, 5) is 5.09. The van der Waals surface area contributed by atoms with Crippen LogP contribution < -0.4 is 0 Å². The number of hydrogen-bond acceptors (Lipinski definition) is 4. The number of likely N-dealkylation sites (tertiary alicyclic amines) is 1. The number of piperidine rings is 1. The van der Waals surface area contributed by atoms with Gasteiger partial charge >= 0.3 is 0 Å². The monoisotopic (exact) mass is 291 g/mol. The molecule has 3 rings (SSSR count). The molecule has 0 saturated carbocycles. The van der Waals surface area contributed by atoms with E-state index < -0.39 is 0 Å². The van der Waals surface area contributed by atoms with Crippen molar-refractivity contribution in [3.8, 4) is 0 Å². The lowest BCUT2D eigenvalue weighted by Gasteiger charge is -2.38. The zero-order valence-electron chi connectivity index (χ0n) is 13.1. The van der Waals surface area contributed by atoms with E-state index in [1.54, 1.807) is 7.11 Å². The van der Waals surface area contributed by atoms with Crippen LogP contribution in [-0.4, -0.2) is 62.8 Å². The first-order chi connectivity index (χ1) is 10.3. The first kappa shape index (κ1) is 14.9. The van der Waals surface area contributed by atoms with Gasteiger partial charge in [0.05, 0.1) is 20.3 Å². The highest BCUT2D eigenvalue weighted by Crippen LogP contribution is 2.26. The molecule has 21 heavy (non-hydrogen) atoms. The van der Waals surface area contributed by atoms with Gasteiger partial charge in [-0.25, -0.2) is 0 Å². The Morgan fingerprint density at radius 3 is 2.67 bits per heavy atom. The van der Waals surface area contributed by atoms with Gasteiger partial charge < -0.3 is 14.4 Å². The van der Waals surface area contributed by atoms with Gasteiger partial charge in [-0.1, -0.05) is 6.08 Å². The van der Waals surface area contributed by atoms with Crippen LogP contribution in [0.25, 0.3) is 0 Å². The quantitative estimate of drug-likeness (QED) is 0.791. The third-order valence-corrected chi connectivity index (χ3v) is 4.77. The maximum Gasteiger partial charge on any atom is 0.102 e. The normalized spacial score (nSPS) is 25.5. The molecule has 117 valence electrons. The van der Waals surface area contributed by atoms with E-state index in [4.69, 9.17) is 9.47 Å². The minimum Gasteiger partial charge on any atom is -0.501 e. The summed E-state index contributed by atoms with van der Waals surface area (Å²) in [5, 5.41) is 0. The third kappa shape index (κ3) is 4.01. The van der Waals surface area contributed by atoms with Crippen molar-refractivity contribution >= 4 is 0 Å². The molecule has 1 aliphatic carbocycles. The standard InChI is InChI=1S/C17H27N2O2/c1-20-17-4-2-3-16(13-17)19-7-5-15(6-8-19)14-18-9-11-21-12-10-18/h3-4,13,15H,2,5-12,14H2,1H3. The maximum atomic E-state index is 5.43. The van der Waals surface area contributed by atoms with Crippen molar-refractivity contribution in [2.24, 2.45) is 5.92 Å². The molecule has 2 heterocycles. The van der Waals surface area contributed by atoms with E-state index in [2.05, 4.69) is 28.4 Å². The van der Waals surface area contributed by atoms with Gasteiger partial charge in [0.25, 0.3) is 0 Å². The molecule has 4 nitrogen and oxygen atoms in total. The molecule has 0 unspecified atom stereocenters. The number of methoxy groups -OCH3 is 1. The van der Waals surface area contributed by atoms with Gasteiger partial charge in [0.1, 0.15) is 5.76 Å². The van der Waals surface area contributed by atoms with Crippen molar-refractivity contribution in [2.75, 3.05) is 53.0 Å². The largest absolute Gasteiger partial charge is 0.501 e. The second-order valence-electron chi connectivity index (χ2n) is 6.16. The van der Waals surface area contributed by atoms with Crippen LogP contribution in [0.2, 0.25) is 0 Å². The average Bonchev–Trinajstić information content (AvgIpc) is 2.56. The topological polar surface area (TPSA) is 24.9 Å². The number of allylic oxidation sites excluding steroid dienone is 3. The van der Waals surface area contributed by atoms with E-state index in [1.165, 1.54) is 38.2 Å². The van der Waals surface area contributed by atoms with E-state index in [0.29, 0.717) is 0 Å². The van der Waals surface area contributed by atoms with Gasteiger partial charge in [-0.15, -0.1) is 0 Å². The molecule has 2 saturated heterocycles. The molecular formula is C17H27N2O2. The van der Waals surface area contributed by atoms with Crippen LogP contribution in [0.5, 0.6) is 0 Å². The Balaban J connectivity index is 1.46. The molecule has 2 aliphatic heterocycles. The maximum absolute atomic E-state index is 5.43. The first-order valence-corrected chi connectivity index (χ1v) is 8.19. The van der Waals surface area contributed by atoms with Crippen molar-refractivity contribution in [1.82, 2.24) is 9.80 Å². The summed E-state index contributed by atoms with van der Waals surface area (Å²) >= 11 is 0. The highest BCUT2D eigenvalue weighted by atomic mass is 16.5.